The zero-order chi connectivity index (χ0) is 18.5. The van der Waals surface area contributed by atoms with Gasteiger partial charge in [0.1, 0.15) is 5.60 Å². The molecule has 3 amide bonds. The largest absolute Gasteiger partial charge is 0.360 e. The van der Waals surface area contributed by atoms with Gasteiger partial charge in [0.05, 0.1) is 24.5 Å². The summed E-state index contributed by atoms with van der Waals surface area (Å²) in [5, 5.41) is 2.79. The fourth-order valence-electron chi connectivity index (χ4n) is 5.05. The van der Waals surface area contributed by atoms with E-state index in [0.29, 0.717) is 32.6 Å². The Balaban J connectivity index is 1.58. The van der Waals surface area contributed by atoms with Crippen LogP contribution in [0.1, 0.15) is 33.1 Å². The van der Waals surface area contributed by atoms with Crippen molar-refractivity contribution in [1.82, 2.24) is 15.1 Å². The van der Waals surface area contributed by atoms with Crippen LogP contribution in [0.5, 0.6) is 0 Å². The molecule has 2 bridgehead atoms. The Morgan fingerprint density at radius 3 is 2.85 bits per heavy atom. The average molecular weight is 361 g/mol. The molecule has 3 fully saturated rings. The first-order valence-electron chi connectivity index (χ1n) is 9.74. The Bertz CT molecular complexity index is 659. The Hall–Kier alpha value is -1.89. The molecule has 0 aromatic heterocycles. The topological polar surface area (TPSA) is 79.0 Å². The number of hydrogen-bond acceptors (Lipinski definition) is 4. The number of carbonyl (C=O) groups excluding carboxylic acids is 3. The Kier molecular flexibility index (Phi) is 4.29. The zero-order valence-electron chi connectivity index (χ0n) is 15.4. The van der Waals surface area contributed by atoms with Crippen molar-refractivity contribution in [3.8, 4) is 0 Å². The van der Waals surface area contributed by atoms with Crippen molar-refractivity contribution in [2.45, 2.75) is 50.9 Å². The second-order valence-electron chi connectivity index (χ2n) is 7.76. The summed E-state index contributed by atoms with van der Waals surface area (Å²) >= 11 is 0. The molecule has 4 rings (SSSR count). The van der Waals surface area contributed by atoms with Gasteiger partial charge < -0.3 is 19.9 Å². The zero-order valence-corrected chi connectivity index (χ0v) is 15.4. The minimum atomic E-state index is -0.648. The average Bonchev–Trinajstić information content (AvgIpc) is 3.21. The van der Waals surface area contributed by atoms with Gasteiger partial charge in [0.25, 0.3) is 0 Å². The molecule has 7 nitrogen and oxygen atoms in total. The van der Waals surface area contributed by atoms with Crippen LogP contribution in [0.4, 0.5) is 0 Å². The van der Waals surface area contributed by atoms with Crippen molar-refractivity contribution in [3.05, 3.63) is 12.2 Å². The quantitative estimate of drug-likeness (QED) is 0.731. The van der Waals surface area contributed by atoms with Crippen LogP contribution >= 0.6 is 0 Å². The number of amides is 3. The van der Waals surface area contributed by atoms with E-state index in [1.165, 1.54) is 0 Å². The molecule has 1 N–H and O–H groups in total. The van der Waals surface area contributed by atoms with Crippen LogP contribution < -0.4 is 5.32 Å². The highest BCUT2D eigenvalue weighted by Gasteiger charge is 2.67. The third-order valence-electron chi connectivity index (χ3n) is 6.42. The summed E-state index contributed by atoms with van der Waals surface area (Å²) in [6, 6.07) is 0.189. The second-order valence-corrected chi connectivity index (χ2v) is 7.76. The van der Waals surface area contributed by atoms with E-state index >= 15 is 0 Å². The number of carbonyl (C=O) groups is 3. The van der Waals surface area contributed by atoms with Gasteiger partial charge in [-0.3, -0.25) is 14.4 Å². The lowest BCUT2D eigenvalue weighted by molar-refractivity contribution is -0.144. The molecule has 0 aromatic carbocycles. The van der Waals surface area contributed by atoms with E-state index in [4.69, 9.17) is 4.74 Å². The molecular weight excluding hydrogens is 334 g/mol. The molecule has 0 aliphatic carbocycles. The van der Waals surface area contributed by atoms with E-state index in [1.54, 1.807) is 4.90 Å². The number of nitrogens with zero attached hydrogens (tertiary/aromatic N) is 2. The standard InChI is InChI=1S/C19H27N3O4/c1-3-12(4-2)22-11-19-7-5-13(26-19)15(16(19)18(22)25)17(24)21-9-6-14(23)20-8-10-21/h5,7,12-13,15-16H,3-4,6,8-11H2,1-2H3,(H,20,23)/t13-,15-,16-,19-/m0/s1. The fraction of sp³-hybridized carbons (Fsp3) is 0.737. The molecule has 0 aromatic rings. The molecule has 4 aliphatic rings. The molecule has 1 spiro atoms. The van der Waals surface area contributed by atoms with Gasteiger partial charge >= 0.3 is 0 Å². The number of fused-ring (bicyclic) bond motifs is 1. The Morgan fingerprint density at radius 2 is 2.12 bits per heavy atom. The first-order valence-corrected chi connectivity index (χ1v) is 9.74. The summed E-state index contributed by atoms with van der Waals surface area (Å²) in [7, 11) is 0. The highest BCUT2D eigenvalue weighted by Crippen LogP contribution is 2.53. The maximum Gasteiger partial charge on any atom is 0.230 e. The molecule has 0 unspecified atom stereocenters. The van der Waals surface area contributed by atoms with E-state index in [1.807, 2.05) is 17.1 Å². The van der Waals surface area contributed by atoms with E-state index in [9.17, 15) is 14.4 Å². The molecule has 4 heterocycles. The Morgan fingerprint density at radius 1 is 1.35 bits per heavy atom. The van der Waals surface area contributed by atoms with E-state index in [2.05, 4.69) is 19.2 Å². The van der Waals surface area contributed by atoms with Crippen molar-refractivity contribution in [2.24, 2.45) is 11.8 Å². The highest BCUT2D eigenvalue weighted by atomic mass is 16.5. The molecule has 142 valence electrons. The summed E-state index contributed by atoms with van der Waals surface area (Å²) in [6.07, 6.45) is 5.73. The fourth-order valence-corrected chi connectivity index (χ4v) is 5.05. The molecule has 26 heavy (non-hydrogen) atoms. The normalized spacial score (nSPS) is 35.9. The lowest BCUT2D eigenvalue weighted by Crippen LogP contribution is -2.47. The lowest BCUT2D eigenvalue weighted by Gasteiger charge is -2.30. The van der Waals surface area contributed by atoms with E-state index in [0.717, 1.165) is 12.8 Å². The first-order chi connectivity index (χ1) is 12.5. The second kappa shape index (κ2) is 6.37. The van der Waals surface area contributed by atoms with E-state index in [-0.39, 0.29) is 29.9 Å². The van der Waals surface area contributed by atoms with Crippen molar-refractivity contribution in [1.29, 1.82) is 0 Å². The summed E-state index contributed by atoms with van der Waals surface area (Å²) < 4.78 is 6.20. The summed E-state index contributed by atoms with van der Waals surface area (Å²) in [5.41, 5.74) is -0.648. The van der Waals surface area contributed by atoms with Crippen LogP contribution in [-0.4, -0.2) is 71.4 Å². The molecular formula is C19H27N3O4. The highest BCUT2D eigenvalue weighted by molar-refractivity contribution is 5.93. The monoisotopic (exact) mass is 361 g/mol. The molecule has 7 heteroatoms. The minimum Gasteiger partial charge on any atom is -0.360 e. The minimum absolute atomic E-state index is 0.0299. The molecule has 4 aliphatic heterocycles. The molecule has 3 saturated heterocycles. The van der Waals surface area contributed by atoms with E-state index < -0.39 is 17.4 Å². The van der Waals surface area contributed by atoms with Gasteiger partial charge in [-0.25, -0.2) is 0 Å². The van der Waals surface area contributed by atoms with Crippen molar-refractivity contribution < 1.29 is 19.1 Å². The van der Waals surface area contributed by atoms with Gasteiger partial charge in [-0.15, -0.1) is 0 Å². The van der Waals surface area contributed by atoms with Crippen LogP contribution in [0.15, 0.2) is 12.2 Å². The third kappa shape index (κ3) is 2.47. The summed E-state index contributed by atoms with van der Waals surface area (Å²) in [4.78, 5) is 41.7. The van der Waals surface area contributed by atoms with Crippen LogP contribution in [0.2, 0.25) is 0 Å². The third-order valence-corrected chi connectivity index (χ3v) is 6.42. The number of hydrogen-bond donors (Lipinski definition) is 1. The van der Waals surface area contributed by atoms with Gasteiger partial charge in [-0.2, -0.15) is 0 Å². The first kappa shape index (κ1) is 17.5. The molecule has 0 saturated carbocycles. The number of likely N-dealkylation sites (tertiary alicyclic amines) is 1. The maximum atomic E-state index is 13.3. The predicted molar refractivity (Wildman–Crippen MR) is 94.0 cm³/mol. The van der Waals surface area contributed by atoms with Crippen LogP contribution in [-0.2, 0) is 19.1 Å². The number of ether oxygens (including phenoxy) is 1. The number of rotatable bonds is 4. The van der Waals surface area contributed by atoms with Crippen molar-refractivity contribution >= 4 is 17.7 Å². The number of nitrogens with one attached hydrogen (secondary N) is 1. The maximum absolute atomic E-state index is 13.3. The SMILES string of the molecule is CCC(CC)N1C[C@]23C=C[C@H](O2)[C@H](C(=O)N2CCNC(=O)CC2)[C@H]3C1=O. The van der Waals surface area contributed by atoms with Gasteiger partial charge in [-0.1, -0.05) is 26.0 Å². The van der Waals surface area contributed by atoms with Crippen molar-refractivity contribution in [3.63, 3.8) is 0 Å². The molecule has 4 atom stereocenters. The molecule has 0 radical (unpaired) electrons. The Labute approximate surface area is 153 Å². The van der Waals surface area contributed by atoms with Crippen LogP contribution in [0.3, 0.4) is 0 Å². The van der Waals surface area contributed by atoms with Crippen molar-refractivity contribution in [2.75, 3.05) is 26.2 Å². The van der Waals surface area contributed by atoms with Gasteiger partial charge in [-0.05, 0) is 12.8 Å². The van der Waals surface area contributed by atoms with Crippen LogP contribution in [0, 0.1) is 11.8 Å². The smallest absolute Gasteiger partial charge is 0.230 e. The summed E-state index contributed by atoms with van der Waals surface area (Å²) in [5.74, 6) is -0.939. The predicted octanol–water partition coefficient (Wildman–Crippen LogP) is 0.306. The summed E-state index contributed by atoms with van der Waals surface area (Å²) in [6.45, 7) is 6.07. The van der Waals surface area contributed by atoms with Crippen LogP contribution in [0.25, 0.3) is 0 Å². The lowest BCUT2D eigenvalue weighted by atomic mass is 9.76. The van der Waals surface area contributed by atoms with Gasteiger partial charge in [0.2, 0.25) is 17.7 Å². The van der Waals surface area contributed by atoms with Gasteiger partial charge in [0.15, 0.2) is 0 Å². The van der Waals surface area contributed by atoms with Gasteiger partial charge in [0, 0.05) is 32.1 Å².